The van der Waals surface area contributed by atoms with Crippen molar-refractivity contribution in [2.24, 2.45) is 5.41 Å². The first kappa shape index (κ1) is 14.5. The van der Waals surface area contributed by atoms with Gasteiger partial charge >= 0.3 is 0 Å². The Hall–Kier alpha value is -0.890. The van der Waals surface area contributed by atoms with Crippen LogP contribution in [0.3, 0.4) is 0 Å². The van der Waals surface area contributed by atoms with Crippen LogP contribution >= 0.6 is 0 Å². The summed E-state index contributed by atoms with van der Waals surface area (Å²) in [5.74, 6) is -0.144. The lowest BCUT2D eigenvalue weighted by molar-refractivity contribution is 0.186. The fourth-order valence-electron chi connectivity index (χ4n) is 3.64. The molecule has 0 radical (unpaired) electrons. The van der Waals surface area contributed by atoms with E-state index in [2.05, 4.69) is 19.2 Å². The molecule has 1 fully saturated rings. The number of likely N-dealkylation sites (N-methyl/N-ethyl adjacent to an activating group) is 1. The highest BCUT2D eigenvalue weighted by Crippen LogP contribution is 2.44. The van der Waals surface area contributed by atoms with Crippen LogP contribution in [0.5, 0.6) is 0 Å². The van der Waals surface area contributed by atoms with E-state index in [1.165, 1.54) is 37.7 Å². The first-order valence-electron chi connectivity index (χ1n) is 7.68. The molecule has 2 rings (SSSR count). The standard InChI is InChI=1S/C17H26FN/c1-3-17(11-5-6-12-17)16(19-4-2)13-14-7-9-15(18)10-8-14/h7-10,16,19H,3-6,11-13H2,1-2H3. The monoisotopic (exact) mass is 263 g/mol. The molecule has 1 saturated carbocycles. The van der Waals surface area contributed by atoms with E-state index in [1.54, 1.807) is 12.1 Å². The molecule has 0 saturated heterocycles. The molecule has 0 amide bonds. The van der Waals surface area contributed by atoms with Crippen molar-refractivity contribution in [1.29, 1.82) is 0 Å². The predicted molar refractivity (Wildman–Crippen MR) is 78.8 cm³/mol. The van der Waals surface area contributed by atoms with E-state index in [9.17, 15) is 4.39 Å². The van der Waals surface area contributed by atoms with Crippen LogP contribution in [0, 0.1) is 11.2 Å². The van der Waals surface area contributed by atoms with Crippen molar-refractivity contribution >= 4 is 0 Å². The van der Waals surface area contributed by atoms with Gasteiger partial charge in [0.05, 0.1) is 0 Å². The summed E-state index contributed by atoms with van der Waals surface area (Å²) >= 11 is 0. The zero-order valence-corrected chi connectivity index (χ0v) is 12.2. The molecule has 0 aliphatic heterocycles. The lowest BCUT2D eigenvalue weighted by Crippen LogP contribution is -2.45. The maximum absolute atomic E-state index is 13.0. The van der Waals surface area contributed by atoms with Crippen molar-refractivity contribution in [3.63, 3.8) is 0 Å². The van der Waals surface area contributed by atoms with Gasteiger partial charge in [-0.15, -0.1) is 0 Å². The summed E-state index contributed by atoms with van der Waals surface area (Å²) in [4.78, 5) is 0. The van der Waals surface area contributed by atoms with E-state index in [4.69, 9.17) is 0 Å². The molecule has 19 heavy (non-hydrogen) atoms. The number of nitrogens with one attached hydrogen (secondary N) is 1. The molecule has 2 heteroatoms. The normalized spacial score (nSPS) is 19.5. The van der Waals surface area contributed by atoms with Crippen LogP contribution in [0.4, 0.5) is 4.39 Å². The van der Waals surface area contributed by atoms with Crippen molar-refractivity contribution in [3.05, 3.63) is 35.6 Å². The van der Waals surface area contributed by atoms with Gasteiger partial charge in [0.2, 0.25) is 0 Å². The van der Waals surface area contributed by atoms with E-state index in [0.29, 0.717) is 11.5 Å². The number of rotatable bonds is 6. The van der Waals surface area contributed by atoms with Gasteiger partial charge in [-0.2, -0.15) is 0 Å². The predicted octanol–water partition coefficient (Wildman–Crippen LogP) is 4.32. The summed E-state index contributed by atoms with van der Waals surface area (Å²) in [6.07, 6.45) is 7.65. The Morgan fingerprint density at radius 3 is 2.32 bits per heavy atom. The maximum Gasteiger partial charge on any atom is 0.123 e. The Bertz CT molecular complexity index is 379. The molecule has 1 aromatic rings. The van der Waals surface area contributed by atoms with E-state index in [0.717, 1.165) is 13.0 Å². The van der Waals surface area contributed by atoms with Crippen LogP contribution in [-0.2, 0) is 6.42 Å². The first-order chi connectivity index (χ1) is 9.20. The number of hydrogen-bond donors (Lipinski definition) is 1. The number of hydrogen-bond acceptors (Lipinski definition) is 1. The molecule has 1 N–H and O–H groups in total. The topological polar surface area (TPSA) is 12.0 Å². The van der Waals surface area contributed by atoms with Gasteiger partial charge in [-0.25, -0.2) is 4.39 Å². The SMILES string of the molecule is CCNC(Cc1ccc(F)cc1)C1(CC)CCCC1. The third-order valence-electron chi connectivity index (χ3n) is 4.85. The van der Waals surface area contributed by atoms with Crippen LogP contribution in [0.15, 0.2) is 24.3 Å². The molecule has 0 spiro atoms. The average molecular weight is 263 g/mol. The van der Waals surface area contributed by atoms with Gasteiger partial charge in [0.1, 0.15) is 5.82 Å². The van der Waals surface area contributed by atoms with Crippen LogP contribution < -0.4 is 5.32 Å². The van der Waals surface area contributed by atoms with E-state index >= 15 is 0 Å². The molecule has 0 aromatic heterocycles. The molecule has 1 atom stereocenters. The molecule has 106 valence electrons. The van der Waals surface area contributed by atoms with Gasteiger partial charge in [-0.05, 0) is 55.3 Å². The summed E-state index contributed by atoms with van der Waals surface area (Å²) in [5.41, 5.74) is 1.69. The molecule has 0 heterocycles. The van der Waals surface area contributed by atoms with Crippen molar-refractivity contribution in [1.82, 2.24) is 5.32 Å². The Kier molecular flexibility index (Phi) is 4.98. The highest BCUT2D eigenvalue weighted by Gasteiger charge is 2.39. The molecule has 0 bridgehead atoms. The Morgan fingerprint density at radius 2 is 1.79 bits per heavy atom. The van der Waals surface area contributed by atoms with Gasteiger partial charge in [0.25, 0.3) is 0 Å². The van der Waals surface area contributed by atoms with Crippen molar-refractivity contribution in [2.45, 2.75) is 58.4 Å². The van der Waals surface area contributed by atoms with E-state index in [1.807, 2.05) is 12.1 Å². The minimum absolute atomic E-state index is 0.144. The molecule has 1 aliphatic rings. The highest BCUT2D eigenvalue weighted by atomic mass is 19.1. The fourth-order valence-corrected chi connectivity index (χ4v) is 3.64. The molecule has 1 nitrogen and oxygen atoms in total. The number of benzene rings is 1. The molecule has 1 unspecified atom stereocenters. The summed E-state index contributed by atoms with van der Waals surface area (Å²) in [6, 6.07) is 7.53. The minimum atomic E-state index is -0.144. The third kappa shape index (κ3) is 3.36. The Labute approximate surface area is 116 Å². The van der Waals surface area contributed by atoms with Gasteiger partial charge in [0, 0.05) is 6.04 Å². The molecule has 1 aliphatic carbocycles. The molecular formula is C17H26FN. The summed E-state index contributed by atoms with van der Waals surface area (Å²) in [5, 5.41) is 3.69. The minimum Gasteiger partial charge on any atom is -0.313 e. The van der Waals surface area contributed by atoms with Crippen molar-refractivity contribution < 1.29 is 4.39 Å². The van der Waals surface area contributed by atoms with E-state index < -0.39 is 0 Å². The van der Waals surface area contributed by atoms with Gasteiger partial charge in [-0.1, -0.05) is 38.8 Å². The lowest BCUT2D eigenvalue weighted by atomic mass is 9.74. The van der Waals surface area contributed by atoms with Crippen LogP contribution in [0.25, 0.3) is 0 Å². The largest absolute Gasteiger partial charge is 0.313 e. The second kappa shape index (κ2) is 6.51. The summed E-state index contributed by atoms with van der Waals surface area (Å²) in [7, 11) is 0. The summed E-state index contributed by atoms with van der Waals surface area (Å²) in [6.45, 7) is 5.50. The van der Waals surface area contributed by atoms with Crippen LogP contribution in [0.1, 0.15) is 51.5 Å². The second-order valence-corrected chi connectivity index (χ2v) is 5.86. The quantitative estimate of drug-likeness (QED) is 0.806. The summed E-state index contributed by atoms with van der Waals surface area (Å²) < 4.78 is 13.0. The number of halogens is 1. The van der Waals surface area contributed by atoms with E-state index in [-0.39, 0.29) is 5.82 Å². The third-order valence-corrected chi connectivity index (χ3v) is 4.85. The second-order valence-electron chi connectivity index (χ2n) is 5.86. The Balaban J connectivity index is 2.13. The first-order valence-corrected chi connectivity index (χ1v) is 7.68. The van der Waals surface area contributed by atoms with Crippen LogP contribution in [-0.4, -0.2) is 12.6 Å². The van der Waals surface area contributed by atoms with Crippen molar-refractivity contribution in [3.8, 4) is 0 Å². The smallest absolute Gasteiger partial charge is 0.123 e. The average Bonchev–Trinajstić information content (AvgIpc) is 2.91. The zero-order chi connectivity index (χ0) is 13.7. The maximum atomic E-state index is 13.0. The fraction of sp³-hybridized carbons (Fsp3) is 0.647. The zero-order valence-electron chi connectivity index (χ0n) is 12.2. The molecular weight excluding hydrogens is 237 g/mol. The van der Waals surface area contributed by atoms with Crippen molar-refractivity contribution in [2.75, 3.05) is 6.54 Å². The van der Waals surface area contributed by atoms with Gasteiger partial charge < -0.3 is 5.32 Å². The Morgan fingerprint density at radius 1 is 1.16 bits per heavy atom. The van der Waals surface area contributed by atoms with Gasteiger partial charge in [-0.3, -0.25) is 0 Å². The van der Waals surface area contributed by atoms with Gasteiger partial charge in [0.15, 0.2) is 0 Å². The van der Waals surface area contributed by atoms with Crippen LogP contribution in [0.2, 0.25) is 0 Å². The molecule has 1 aromatic carbocycles. The highest BCUT2D eigenvalue weighted by molar-refractivity contribution is 5.18. The lowest BCUT2D eigenvalue weighted by Gasteiger charge is -2.38.